The number of rotatable bonds is 7. The summed E-state index contributed by atoms with van der Waals surface area (Å²) in [5.74, 6) is -0.530. The van der Waals surface area contributed by atoms with Crippen LogP contribution in [0.15, 0.2) is 120 Å². The number of carbonyl (C=O) groups excluding carboxylic acids is 1. The van der Waals surface area contributed by atoms with Crippen LogP contribution in [0.4, 0.5) is 0 Å². The topological polar surface area (TPSA) is 75.7 Å². The minimum Gasteiger partial charge on any atom is -0.468 e. The highest BCUT2D eigenvalue weighted by Crippen LogP contribution is 2.49. The van der Waals surface area contributed by atoms with E-state index in [1.54, 1.807) is 24.3 Å². The number of carbonyl (C=O) groups is 1. The molecule has 1 fully saturated rings. The third-order valence-electron chi connectivity index (χ3n) is 7.07. The highest BCUT2D eigenvalue weighted by atomic mass is 32.2. The summed E-state index contributed by atoms with van der Waals surface area (Å²) in [6.07, 6.45) is -0.598. The fourth-order valence-corrected chi connectivity index (χ4v) is 7.04. The van der Waals surface area contributed by atoms with Crippen molar-refractivity contribution in [1.29, 1.82) is 0 Å². The van der Waals surface area contributed by atoms with E-state index in [0.29, 0.717) is 5.56 Å². The molecule has 1 N–H and O–H groups in total. The van der Waals surface area contributed by atoms with Gasteiger partial charge in [0.2, 0.25) is 10.0 Å². The van der Waals surface area contributed by atoms with E-state index in [2.05, 4.69) is 5.32 Å². The van der Waals surface area contributed by atoms with E-state index in [4.69, 9.17) is 4.74 Å². The number of aryl methyl sites for hydroxylation is 1. The molecule has 3 atom stereocenters. The second-order valence-electron chi connectivity index (χ2n) is 9.54. The largest absolute Gasteiger partial charge is 0.468 e. The molecule has 1 aliphatic heterocycles. The molecule has 0 unspecified atom stereocenters. The first-order valence-electron chi connectivity index (χ1n) is 12.5. The van der Waals surface area contributed by atoms with Gasteiger partial charge in [0.05, 0.1) is 18.0 Å². The van der Waals surface area contributed by atoms with Crippen molar-refractivity contribution < 1.29 is 17.9 Å². The first kappa shape index (κ1) is 25.9. The Morgan fingerprint density at radius 2 is 1.34 bits per heavy atom. The Hall–Kier alpha value is -3.78. The number of esters is 1. The van der Waals surface area contributed by atoms with Crippen LogP contribution in [0.2, 0.25) is 0 Å². The summed E-state index contributed by atoms with van der Waals surface area (Å²) in [6, 6.07) is 34.1. The average molecular weight is 527 g/mol. The van der Waals surface area contributed by atoms with E-state index in [0.717, 1.165) is 16.7 Å². The molecule has 4 aromatic carbocycles. The van der Waals surface area contributed by atoms with Crippen molar-refractivity contribution in [2.75, 3.05) is 7.11 Å². The van der Waals surface area contributed by atoms with E-state index in [9.17, 15) is 13.2 Å². The highest BCUT2D eigenvalue weighted by molar-refractivity contribution is 7.89. The molecule has 0 spiro atoms. The number of methoxy groups -OCH3 is 1. The predicted octanol–water partition coefficient (Wildman–Crippen LogP) is 5.18. The van der Waals surface area contributed by atoms with Crippen LogP contribution in [0.25, 0.3) is 0 Å². The summed E-state index contributed by atoms with van der Waals surface area (Å²) < 4.78 is 35.8. The SMILES string of the molecule is COC(=O)[C@@]1(Cc2ccccc2)N[C@@H](c2ccccc2)N(S(=O)(=O)c2ccc(C)cc2)[C@H]1c1ccccc1. The second kappa shape index (κ2) is 10.5. The van der Waals surface area contributed by atoms with Gasteiger partial charge in [0.1, 0.15) is 11.7 Å². The number of benzene rings is 4. The maximum Gasteiger partial charge on any atom is 0.328 e. The molecule has 0 aromatic heterocycles. The van der Waals surface area contributed by atoms with Gasteiger partial charge in [0.15, 0.2) is 0 Å². The molecule has 0 saturated carbocycles. The third kappa shape index (κ3) is 4.65. The fourth-order valence-electron chi connectivity index (χ4n) is 5.29. The van der Waals surface area contributed by atoms with Gasteiger partial charge in [-0.3, -0.25) is 5.32 Å². The summed E-state index contributed by atoms with van der Waals surface area (Å²) in [6.45, 7) is 1.91. The van der Waals surface area contributed by atoms with Crippen LogP contribution in [-0.2, 0) is 26.0 Å². The van der Waals surface area contributed by atoms with E-state index < -0.39 is 33.7 Å². The molecule has 6 nitrogen and oxygen atoms in total. The van der Waals surface area contributed by atoms with Gasteiger partial charge in [-0.25, -0.2) is 13.2 Å². The van der Waals surface area contributed by atoms with E-state index >= 15 is 0 Å². The first-order valence-corrected chi connectivity index (χ1v) is 13.9. The molecule has 0 amide bonds. The Morgan fingerprint density at radius 1 is 0.816 bits per heavy atom. The number of sulfonamides is 1. The van der Waals surface area contributed by atoms with Crippen molar-refractivity contribution in [3.05, 3.63) is 138 Å². The Kier molecular flexibility index (Phi) is 7.17. The van der Waals surface area contributed by atoms with Crippen LogP contribution in [0, 0.1) is 6.92 Å². The molecule has 1 aliphatic rings. The molecule has 5 rings (SSSR count). The van der Waals surface area contributed by atoms with Crippen LogP contribution in [0.5, 0.6) is 0 Å². The quantitative estimate of drug-likeness (QED) is 0.336. The van der Waals surface area contributed by atoms with Gasteiger partial charge < -0.3 is 4.74 Å². The lowest BCUT2D eigenvalue weighted by Crippen LogP contribution is -2.54. The van der Waals surface area contributed by atoms with Gasteiger partial charge in [-0.2, -0.15) is 4.31 Å². The number of hydrogen-bond donors (Lipinski definition) is 1. The van der Waals surface area contributed by atoms with Crippen molar-refractivity contribution in [2.24, 2.45) is 0 Å². The van der Waals surface area contributed by atoms with Crippen LogP contribution < -0.4 is 5.32 Å². The molecule has 1 heterocycles. The number of nitrogens with zero attached hydrogens (tertiary/aromatic N) is 1. The van der Waals surface area contributed by atoms with Crippen molar-refractivity contribution in [3.8, 4) is 0 Å². The zero-order chi connectivity index (χ0) is 26.8. The van der Waals surface area contributed by atoms with Crippen LogP contribution >= 0.6 is 0 Å². The molecule has 7 heteroatoms. The summed E-state index contributed by atoms with van der Waals surface area (Å²) >= 11 is 0. The van der Waals surface area contributed by atoms with Gasteiger partial charge in [-0.15, -0.1) is 0 Å². The van der Waals surface area contributed by atoms with Crippen molar-refractivity contribution >= 4 is 16.0 Å². The molecule has 0 aliphatic carbocycles. The van der Waals surface area contributed by atoms with E-state index in [-0.39, 0.29) is 11.3 Å². The van der Waals surface area contributed by atoms with Crippen molar-refractivity contribution in [2.45, 2.75) is 36.0 Å². The van der Waals surface area contributed by atoms with Crippen LogP contribution in [0.3, 0.4) is 0 Å². The minimum absolute atomic E-state index is 0.159. The second-order valence-corrected chi connectivity index (χ2v) is 11.4. The summed E-state index contributed by atoms with van der Waals surface area (Å²) in [5.41, 5.74) is 1.84. The molecule has 194 valence electrons. The van der Waals surface area contributed by atoms with Gasteiger partial charge in [0, 0.05) is 6.42 Å². The van der Waals surface area contributed by atoms with Gasteiger partial charge >= 0.3 is 5.97 Å². The zero-order valence-electron chi connectivity index (χ0n) is 21.3. The molecule has 38 heavy (non-hydrogen) atoms. The third-order valence-corrected chi connectivity index (χ3v) is 8.92. The Bertz CT molecular complexity index is 1490. The Labute approximate surface area is 223 Å². The Morgan fingerprint density at radius 3 is 1.89 bits per heavy atom. The smallest absolute Gasteiger partial charge is 0.328 e. The van der Waals surface area contributed by atoms with Gasteiger partial charge in [0.25, 0.3) is 0 Å². The highest BCUT2D eigenvalue weighted by Gasteiger charge is 2.61. The van der Waals surface area contributed by atoms with Gasteiger partial charge in [-0.1, -0.05) is 109 Å². The van der Waals surface area contributed by atoms with Crippen molar-refractivity contribution in [3.63, 3.8) is 0 Å². The lowest BCUT2D eigenvalue weighted by Gasteiger charge is -2.35. The predicted molar refractivity (Wildman–Crippen MR) is 147 cm³/mol. The summed E-state index contributed by atoms with van der Waals surface area (Å²) in [4.78, 5) is 14.0. The molecular formula is C31H30N2O4S. The normalized spacial score (nSPS) is 21.7. The molecule has 1 saturated heterocycles. The molecular weight excluding hydrogens is 496 g/mol. The van der Waals surface area contributed by atoms with Gasteiger partial charge in [-0.05, 0) is 35.7 Å². The van der Waals surface area contributed by atoms with Crippen LogP contribution in [-0.4, -0.2) is 31.3 Å². The minimum atomic E-state index is -4.09. The number of hydrogen-bond acceptors (Lipinski definition) is 5. The molecule has 4 aromatic rings. The first-order chi connectivity index (χ1) is 18.4. The fraction of sp³-hybridized carbons (Fsp3) is 0.194. The Balaban J connectivity index is 1.79. The monoisotopic (exact) mass is 526 g/mol. The number of ether oxygens (including phenoxy) is 1. The lowest BCUT2D eigenvalue weighted by molar-refractivity contribution is -0.149. The summed E-state index contributed by atoms with van der Waals surface area (Å²) in [7, 11) is -2.75. The standard InChI is InChI=1S/C31H30N2O4S/c1-23-18-20-27(21-19-23)38(35,36)33-28(25-14-8-4-9-15-25)31(30(34)37-2,22-24-12-6-3-7-13-24)32-29(33)26-16-10-5-11-17-26/h3-21,28-29,32H,22H2,1-2H3/t28-,29+,31-/m0/s1. The molecule has 0 bridgehead atoms. The maximum absolute atomic E-state index is 14.5. The molecule has 0 radical (unpaired) electrons. The maximum atomic E-state index is 14.5. The number of nitrogens with one attached hydrogen (secondary N) is 1. The van der Waals surface area contributed by atoms with Crippen molar-refractivity contribution in [1.82, 2.24) is 9.62 Å². The van der Waals surface area contributed by atoms with E-state index in [1.165, 1.54) is 11.4 Å². The zero-order valence-corrected chi connectivity index (χ0v) is 22.1. The van der Waals surface area contributed by atoms with E-state index in [1.807, 2.05) is 97.9 Å². The summed E-state index contributed by atoms with van der Waals surface area (Å²) in [5, 5.41) is 3.48. The average Bonchev–Trinajstić information content (AvgIpc) is 3.31. The lowest BCUT2D eigenvalue weighted by atomic mass is 9.81. The van der Waals surface area contributed by atoms with Crippen LogP contribution in [0.1, 0.15) is 34.5 Å².